The fourth-order valence-corrected chi connectivity index (χ4v) is 4.81. The van der Waals surface area contributed by atoms with Crippen LogP contribution in [0.2, 0.25) is 5.02 Å². The second-order valence-corrected chi connectivity index (χ2v) is 9.34. The zero-order valence-electron chi connectivity index (χ0n) is 19.2. The number of hydrogen-bond donors (Lipinski definition) is 0. The van der Waals surface area contributed by atoms with Gasteiger partial charge in [0.25, 0.3) is 0 Å². The minimum atomic E-state index is -4.20. The van der Waals surface area contributed by atoms with E-state index in [9.17, 15) is 18.0 Å². The highest BCUT2D eigenvalue weighted by Gasteiger charge is 2.41. The van der Waals surface area contributed by atoms with Crippen LogP contribution in [0.4, 0.5) is 24.9 Å². The van der Waals surface area contributed by atoms with Gasteiger partial charge in [-0.3, -0.25) is 4.79 Å². The number of hydrogen-bond acceptors (Lipinski definition) is 6. The van der Waals surface area contributed by atoms with Crippen LogP contribution in [0.25, 0.3) is 0 Å². The van der Waals surface area contributed by atoms with Crippen LogP contribution in [0.15, 0.2) is 65.9 Å². The molecule has 2 aromatic carbocycles. The van der Waals surface area contributed by atoms with E-state index >= 15 is 0 Å². The number of alkyl halides is 3. The van der Waals surface area contributed by atoms with Gasteiger partial charge in [0.2, 0.25) is 5.95 Å². The van der Waals surface area contributed by atoms with Crippen molar-refractivity contribution in [1.82, 2.24) is 9.97 Å². The van der Waals surface area contributed by atoms with Gasteiger partial charge in [0, 0.05) is 30.2 Å². The summed E-state index contributed by atoms with van der Waals surface area (Å²) in [4.78, 5) is 22.5. The largest absolute Gasteiger partial charge is 0.391 e. The molecule has 2 aliphatic rings. The first-order chi connectivity index (χ1) is 17.3. The molecule has 5 rings (SSSR count). The lowest BCUT2D eigenvalue weighted by Crippen LogP contribution is -2.40. The lowest BCUT2D eigenvalue weighted by Gasteiger charge is -2.33. The SMILES string of the molecule is O=Cc1cnc(N2CCC(C(F)(F)F)CC2)nc1N1CC(c2ccccc2)C(c2ccc(Cl)cc2)=N1. The Labute approximate surface area is 211 Å². The number of rotatable bonds is 5. The van der Waals surface area contributed by atoms with E-state index in [1.807, 2.05) is 42.5 Å². The fourth-order valence-electron chi connectivity index (χ4n) is 4.68. The molecule has 0 saturated carbocycles. The van der Waals surface area contributed by atoms with Crippen LogP contribution in [-0.4, -0.2) is 47.8 Å². The summed E-state index contributed by atoms with van der Waals surface area (Å²) in [5.74, 6) is -0.785. The molecule has 3 aromatic rings. The van der Waals surface area contributed by atoms with Crippen LogP contribution < -0.4 is 9.91 Å². The van der Waals surface area contributed by atoms with Crippen molar-refractivity contribution < 1.29 is 18.0 Å². The van der Waals surface area contributed by atoms with Crippen LogP contribution >= 0.6 is 11.6 Å². The topological polar surface area (TPSA) is 61.7 Å². The van der Waals surface area contributed by atoms with Crippen LogP contribution in [0.3, 0.4) is 0 Å². The van der Waals surface area contributed by atoms with E-state index in [2.05, 4.69) is 9.97 Å². The van der Waals surface area contributed by atoms with Gasteiger partial charge < -0.3 is 4.90 Å². The molecule has 6 nitrogen and oxygen atoms in total. The Balaban J connectivity index is 1.48. The van der Waals surface area contributed by atoms with Crippen molar-refractivity contribution in [2.24, 2.45) is 11.0 Å². The Morgan fingerprint density at radius 2 is 1.69 bits per heavy atom. The summed E-state index contributed by atoms with van der Waals surface area (Å²) in [6, 6.07) is 17.3. The molecule has 10 heteroatoms. The Kier molecular flexibility index (Phi) is 6.66. The van der Waals surface area contributed by atoms with E-state index < -0.39 is 12.1 Å². The number of carbonyl (C=O) groups is 1. The molecule has 36 heavy (non-hydrogen) atoms. The van der Waals surface area contributed by atoms with E-state index in [0.717, 1.165) is 16.8 Å². The van der Waals surface area contributed by atoms with Gasteiger partial charge >= 0.3 is 6.18 Å². The van der Waals surface area contributed by atoms with E-state index in [0.29, 0.717) is 29.6 Å². The third-order valence-electron chi connectivity index (χ3n) is 6.65. The van der Waals surface area contributed by atoms with Gasteiger partial charge in [0.1, 0.15) is 0 Å². The maximum atomic E-state index is 13.1. The third kappa shape index (κ3) is 4.93. The number of aromatic nitrogens is 2. The summed E-state index contributed by atoms with van der Waals surface area (Å²) >= 11 is 6.09. The third-order valence-corrected chi connectivity index (χ3v) is 6.90. The summed E-state index contributed by atoms with van der Waals surface area (Å²) < 4.78 is 39.3. The number of carbonyl (C=O) groups excluding carboxylic acids is 1. The Hall–Kier alpha value is -3.46. The first kappa shape index (κ1) is 24.2. The second-order valence-electron chi connectivity index (χ2n) is 8.91. The van der Waals surface area contributed by atoms with Crippen molar-refractivity contribution in [3.05, 3.63) is 82.5 Å². The molecule has 0 radical (unpaired) electrons. The standard InChI is InChI=1S/C26H23ClF3N5O/c27-21-8-6-18(7-9-21)23-22(17-4-2-1-3-5-17)15-35(33-23)24-19(16-36)14-31-25(32-24)34-12-10-20(11-13-34)26(28,29)30/h1-9,14,16,20,22H,10-13,15H2. The minimum absolute atomic E-state index is 0.0176. The number of piperidine rings is 1. The van der Waals surface area contributed by atoms with Gasteiger partial charge in [-0.15, -0.1) is 0 Å². The predicted molar refractivity (Wildman–Crippen MR) is 133 cm³/mol. The number of aldehydes is 1. The van der Waals surface area contributed by atoms with Crippen LogP contribution in [-0.2, 0) is 0 Å². The van der Waals surface area contributed by atoms with E-state index in [1.165, 1.54) is 6.20 Å². The number of nitrogens with zero attached hydrogens (tertiary/aromatic N) is 5. The molecular formula is C26H23ClF3N5O. The Morgan fingerprint density at radius 1 is 1.00 bits per heavy atom. The van der Waals surface area contributed by atoms with E-state index in [4.69, 9.17) is 16.7 Å². The number of hydrazone groups is 1. The molecule has 1 saturated heterocycles. The summed E-state index contributed by atoms with van der Waals surface area (Å²) in [5.41, 5.74) is 3.02. The number of halogens is 4. The maximum Gasteiger partial charge on any atom is 0.391 e. The average molecular weight is 514 g/mol. The smallest absolute Gasteiger partial charge is 0.341 e. The van der Waals surface area contributed by atoms with Gasteiger partial charge in [-0.1, -0.05) is 54.1 Å². The zero-order chi connectivity index (χ0) is 25.3. The molecule has 186 valence electrons. The second kappa shape index (κ2) is 9.89. The number of anilines is 2. The molecule has 1 aromatic heterocycles. The van der Waals surface area contributed by atoms with Crippen LogP contribution in [0.5, 0.6) is 0 Å². The minimum Gasteiger partial charge on any atom is -0.341 e. The molecule has 0 amide bonds. The summed E-state index contributed by atoms with van der Waals surface area (Å²) in [6.45, 7) is 0.821. The first-order valence-corrected chi connectivity index (χ1v) is 12.0. The molecule has 1 unspecified atom stereocenters. The van der Waals surface area contributed by atoms with Gasteiger partial charge in [-0.25, -0.2) is 9.99 Å². The summed E-state index contributed by atoms with van der Waals surface area (Å²) in [5, 5.41) is 7.14. The molecule has 2 aliphatic heterocycles. The maximum absolute atomic E-state index is 13.1. The monoisotopic (exact) mass is 513 g/mol. The molecule has 3 heterocycles. The highest BCUT2D eigenvalue weighted by atomic mass is 35.5. The molecular weight excluding hydrogens is 491 g/mol. The molecule has 0 bridgehead atoms. The molecule has 1 atom stereocenters. The quantitative estimate of drug-likeness (QED) is 0.408. The lowest BCUT2D eigenvalue weighted by atomic mass is 9.91. The molecule has 0 spiro atoms. The van der Waals surface area contributed by atoms with Crippen LogP contribution in [0, 0.1) is 5.92 Å². The van der Waals surface area contributed by atoms with Crippen molar-refractivity contribution in [3.63, 3.8) is 0 Å². The molecule has 0 aliphatic carbocycles. The summed E-state index contributed by atoms with van der Waals surface area (Å²) in [6.07, 6.45) is -2.16. The zero-order valence-corrected chi connectivity index (χ0v) is 20.0. The summed E-state index contributed by atoms with van der Waals surface area (Å²) in [7, 11) is 0. The highest BCUT2D eigenvalue weighted by molar-refractivity contribution is 6.30. The first-order valence-electron chi connectivity index (χ1n) is 11.6. The van der Waals surface area contributed by atoms with Crippen molar-refractivity contribution >= 4 is 35.4 Å². The van der Waals surface area contributed by atoms with Crippen molar-refractivity contribution in [2.75, 3.05) is 29.5 Å². The number of benzene rings is 2. The predicted octanol–water partition coefficient (Wildman–Crippen LogP) is 5.73. The van der Waals surface area contributed by atoms with E-state index in [1.54, 1.807) is 22.0 Å². The van der Waals surface area contributed by atoms with Crippen molar-refractivity contribution in [1.29, 1.82) is 0 Å². The molecule has 0 N–H and O–H groups in total. The normalized spacial score (nSPS) is 18.9. The lowest BCUT2D eigenvalue weighted by molar-refractivity contribution is -0.179. The van der Waals surface area contributed by atoms with Gasteiger partial charge in [0.05, 0.1) is 23.7 Å². The highest BCUT2D eigenvalue weighted by Crippen LogP contribution is 2.36. The Morgan fingerprint density at radius 3 is 2.33 bits per heavy atom. The van der Waals surface area contributed by atoms with Crippen molar-refractivity contribution in [2.45, 2.75) is 24.9 Å². The fraction of sp³-hybridized carbons (Fsp3) is 0.308. The van der Waals surface area contributed by atoms with Gasteiger partial charge in [-0.05, 0) is 36.1 Å². The average Bonchev–Trinajstić information content (AvgIpc) is 3.34. The van der Waals surface area contributed by atoms with E-state index in [-0.39, 0.29) is 37.4 Å². The van der Waals surface area contributed by atoms with Gasteiger partial charge in [-0.2, -0.15) is 23.3 Å². The van der Waals surface area contributed by atoms with Crippen LogP contribution in [0.1, 0.15) is 40.2 Å². The molecule has 1 fully saturated rings. The van der Waals surface area contributed by atoms with Crippen molar-refractivity contribution in [3.8, 4) is 0 Å². The van der Waals surface area contributed by atoms with Gasteiger partial charge in [0.15, 0.2) is 12.1 Å². The Bertz CT molecular complexity index is 1260.